The second-order valence-electron chi connectivity index (χ2n) is 8.23. The van der Waals surface area contributed by atoms with Gasteiger partial charge in [-0.1, -0.05) is 34.6 Å². The zero-order chi connectivity index (χ0) is 13.9. The van der Waals surface area contributed by atoms with E-state index in [1.165, 1.54) is 12.8 Å². The van der Waals surface area contributed by atoms with Crippen molar-refractivity contribution in [3.8, 4) is 0 Å². The molecule has 0 bridgehead atoms. The first kappa shape index (κ1) is 16.0. The first-order valence-electron chi connectivity index (χ1n) is 7.55. The van der Waals surface area contributed by atoms with E-state index >= 15 is 0 Å². The van der Waals surface area contributed by atoms with Gasteiger partial charge in [-0.15, -0.1) is 0 Å². The molecule has 2 heteroatoms. The molecular formula is C16H33NO. The highest BCUT2D eigenvalue weighted by atomic mass is 16.3. The van der Waals surface area contributed by atoms with Gasteiger partial charge in [-0.25, -0.2) is 0 Å². The molecule has 0 heterocycles. The van der Waals surface area contributed by atoms with E-state index in [-0.39, 0.29) is 0 Å². The minimum Gasteiger partial charge on any atom is -0.389 e. The molecule has 0 saturated heterocycles. The number of aliphatic hydroxyl groups is 1. The van der Waals surface area contributed by atoms with Gasteiger partial charge in [0.25, 0.3) is 0 Å². The molecule has 108 valence electrons. The van der Waals surface area contributed by atoms with Crippen molar-refractivity contribution < 1.29 is 5.11 Å². The Balaban J connectivity index is 2.16. The third-order valence-corrected chi connectivity index (χ3v) is 4.27. The number of rotatable bonds is 5. The molecule has 0 radical (unpaired) electrons. The fourth-order valence-electron chi connectivity index (χ4n) is 2.63. The molecule has 0 aromatic carbocycles. The van der Waals surface area contributed by atoms with Crippen molar-refractivity contribution in [1.29, 1.82) is 0 Å². The van der Waals surface area contributed by atoms with E-state index in [0.29, 0.717) is 10.8 Å². The van der Waals surface area contributed by atoms with E-state index in [4.69, 9.17) is 0 Å². The summed E-state index contributed by atoms with van der Waals surface area (Å²) in [4.78, 5) is 0. The molecule has 2 N–H and O–H groups in total. The third kappa shape index (κ3) is 6.19. The highest BCUT2D eigenvalue weighted by Crippen LogP contribution is 2.39. The minimum absolute atomic E-state index is 0.424. The molecule has 18 heavy (non-hydrogen) atoms. The lowest BCUT2D eigenvalue weighted by atomic mass is 9.71. The number of hydrogen-bond acceptors (Lipinski definition) is 2. The van der Waals surface area contributed by atoms with Gasteiger partial charge in [0.1, 0.15) is 0 Å². The Bertz CT molecular complexity index is 242. The summed E-state index contributed by atoms with van der Waals surface area (Å²) >= 11 is 0. The zero-order valence-electron chi connectivity index (χ0n) is 13.1. The van der Waals surface area contributed by atoms with E-state index in [9.17, 15) is 5.11 Å². The molecule has 0 unspecified atom stereocenters. The zero-order valence-corrected chi connectivity index (χ0v) is 13.1. The first-order valence-corrected chi connectivity index (χ1v) is 7.55. The van der Waals surface area contributed by atoms with Crippen LogP contribution in [0, 0.1) is 10.8 Å². The maximum Gasteiger partial charge on any atom is 0.0772 e. The Morgan fingerprint density at radius 3 is 2.11 bits per heavy atom. The van der Waals surface area contributed by atoms with Crippen molar-refractivity contribution in [2.45, 2.75) is 78.7 Å². The average Bonchev–Trinajstić information content (AvgIpc) is 2.21. The van der Waals surface area contributed by atoms with Crippen molar-refractivity contribution >= 4 is 0 Å². The summed E-state index contributed by atoms with van der Waals surface area (Å²) in [6.07, 6.45) is 6.63. The second-order valence-corrected chi connectivity index (χ2v) is 8.23. The number of nitrogens with one attached hydrogen (secondary N) is 1. The van der Waals surface area contributed by atoms with E-state index in [1.807, 2.05) is 0 Å². The van der Waals surface area contributed by atoms with Crippen LogP contribution in [0.3, 0.4) is 0 Å². The summed E-state index contributed by atoms with van der Waals surface area (Å²) in [6, 6.07) is 0. The van der Waals surface area contributed by atoms with Crippen LogP contribution >= 0.6 is 0 Å². The highest BCUT2D eigenvalue weighted by Gasteiger charge is 2.36. The maximum absolute atomic E-state index is 10.5. The molecule has 1 rings (SSSR count). The quantitative estimate of drug-likeness (QED) is 0.734. The number of hydrogen-bond donors (Lipinski definition) is 2. The largest absolute Gasteiger partial charge is 0.389 e. The molecule has 1 saturated carbocycles. The Kier molecular flexibility index (Phi) is 5.25. The van der Waals surface area contributed by atoms with Crippen LogP contribution in [0.25, 0.3) is 0 Å². The molecule has 1 aliphatic carbocycles. The molecule has 1 aliphatic rings. The lowest BCUT2D eigenvalue weighted by Crippen LogP contribution is -2.45. The Morgan fingerprint density at radius 1 is 1.06 bits per heavy atom. The van der Waals surface area contributed by atoms with Crippen LogP contribution in [0.4, 0.5) is 0 Å². The molecule has 0 aromatic heterocycles. The van der Waals surface area contributed by atoms with Gasteiger partial charge in [-0.2, -0.15) is 0 Å². The molecule has 0 aromatic rings. The minimum atomic E-state index is -0.447. The SMILES string of the molecule is CC(C)(C)CCCNCC1(O)CCC(C)(C)CC1. The topological polar surface area (TPSA) is 32.3 Å². The second kappa shape index (κ2) is 5.92. The summed E-state index contributed by atoms with van der Waals surface area (Å²) in [5.41, 5.74) is 0.406. The van der Waals surface area contributed by atoms with Crippen LogP contribution in [0.5, 0.6) is 0 Å². The normalized spacial score (nSPS) is 23.0. The van der Waals surface area contributed by atoms with E-state index in [0.717, 1.165) is 38.8 Å². The lowest BCUT2D eigenvalue weighted by Gasteiger charge is -2.40. The van der Waals surface area contributed by atoms with Crippen LogP contribution in [0.1, 0.15) is 73.1 Å². The van der Waals surface area contributed by atoms with Gasteiger partial charge in [0, 0.05) is 6.54 Å². The summed E-state index contributed by atoms with van der Waals surface area (Å²) in [5, 5.41) is 13.9. The van der Waals surface area contributed by atoms with E-state index in [1.54, 1.807) is 0 Å². The third-order valence-electron chi connectivity index (χ3n) is 4.27. The van der Waals surface area contributed by atoms with Gasteiger partial charge < -0.3 is 10.4 Å². The molecule has 0 amide bonds. The molecule has 0 spiro atoms. The van der Waals surface area contributed by atoms with Crippen molar-refractivity contribution in [3.05, 3.63) is 0 Å². The van der Waals surface area contributed by atoms with Crippen LogP contribution in [-0.2, 0) is 0 Å². The smallest absolute Gasteiger partial charge is 0.0772 e. The van der Waals surface area contributed by atoms with Gasteiger partial charge in [-0.05, 0) is 55.9 Å². The van der Waals surface area contributed by atoms with Crippen LogP contribution in [0.15, 0.2) is 0 Å². The molecule has 2 nitrogen and oxygen atoms in total. The van der Waals surface area contributed by atoms with Crippen LogP contribution in [-0.4, -0.2) is 23.8 Å². The summed E-state index contributed by atoms with van der Waals surface area (Å²) < 4.78 is 0. The summed E-state index contributed by atoms with van der Waals surface area (Å²) in [6.45, 7) is 13.3. The average molecular weight is 255 g/mol. The van der Waals surface area contributed by atoms with E-state index < -0.39 is 5.60 Å². The fourth-order valence-corrected chi connectivity index (χ4v) is 2.63. The molecule has 0 atom stereocenters. The highest BCUT2D eigenvalue weighted by molar-refractivity contribution is 4.90. The summed E-state index contributed by atoms with van der Waals surface area (Å²) in [7, 11) is 0. The van der Waals surface area contributed by atoms with Gasteiger partial charge in [-0.3, -0.25) is 0 Å². The summed E-state index contributed by atoms with van der Waals surface area (Å²) in [5.74, 6) is 0. The Labute approximate surface area is 114 Å². The van der Waals surface area contributed by atoms with Gasteiger partial charge >= 0.3 is 0 Å². The van der Waals surface area contributed by atoms with Crippen molar-refractivity contribution in [2.24, 2.45) is 10.8 Å². The predicted molar refractivity (Wildman–Crippen MR) is 78.8 cm³/mol. The molecule has 1 fully saturated rings. The Hall–Kier alpha value is -0.0800. The standard InChI is InChI=1S/C16H33NO/c1-14(2,3)7-6-12-17-13-16(18)10-8-15(4,5)9-11-16/h17-18H,6-13H2,1-5H3. The molecule has 0 aliphatic heterocycles. The van der Waals surface area contributed by atoms with Gasteiger partial charge in [0.05, 0.1) is 5.60 Å². The van der Waals surface area contributed by atoms with Crippen LogP contribution < -0.4 is 5.32 Å². The lowest BCUT2D eigenvalue weighted by molar-refractivity contribution is -0.0242. The van der Waals surface area contributed by atoms with Gasteiger partial charge in [0.2, 0.25) is 0 Å². The van der Waals surface area contributed by atoms with E-state index in [2.05, 4.69) is 39.9 Å². The van der Waals surface area contributed by atoms with Crippen molar-refractivity contribution in [1.82, 2.24) is 5.32 Å². The maximum atomic E-state index is 10.5. The fraction of sp³-hybridized carbons (Fsp3) is 1.00. The van der Waals surface area contributed by atoms with Crippen LogP contribution in [0.2, 0.25) is 0 Å². The molecular weight excluding hydrogens is 222 g/mol. The monoisotopic (exact) mass is 255 g/mol. The Morgan fingerprint density at radius 2 is 1.61 bits per heavy atom. The first-order chi connectivity index (χ1) is 8.12. The van der Waals surface area contributed by atoms with Gasteiger partial charge in [0.15, 0.2) is 0 Å². The predicted octanol–water partition coefficient (Wildman–Crippen LogP) is 3.73. The van der Waals surface area contributed by atoms with Crippen molar-refractivity contribution in [2.75, 3.05) is 13.1 Å². The van der Waals surface area contributed by atoms with Crippen molar-refractivity contribution in [3.63, 3.8) is 0 Å².